The molecule has 1 amide bonds. The van der Waals surface area contributed by atoms with Crippen molar-refractivity contribution >= 4 is 41.7 Å². The van der Waals surface area contributed by atoms with Crippen molar-refractivity contribution in [2.24, 2.45) is 16.5 Å². The van der Waals surface area contributed by atoms with Gasteiger partial charge in [-0.1, -0.05) is 11.6 Å². The first-order chi connectivity index (χ1) is 11.3. The number of aliphatic hydroxyl groups is 1. The zero-order valence-electron chi connectivity index (χ0n) is 13.1. The summed E-state index contributed by atoms with van der Waals surface area (Å²) in [6.07, 6.45) is 4.10. The molecule has 24 heavy (non-hydrogen) atoms. The number of hydrogen-bond donors (Lipinski definition) is 5. The molecule has 0 aliphatic heterocycles. The second kappa shape index (κ2) is 7.92. The van der Waals surface area contributed by atoms with E-state index in [0.29, 0.717) is 23.6 Å². The minimum absolute atomic E-state index is 0.0267. The maximum atomic E-state index is 11.6. The van der Waals surface area contributed by atoms with Gasteiger partial charge in [0.15, 0.2) is 0 Å². The summed E-state index contributed by atoms with van der Waals surface area (Å²) in [5.74, 6) is -0.641. The van der Waals surface area contributed by atoms with Gasteiger partial charge in [-0.25, -0.2) is 4.99 Å². The van der Waals surface area contributed by atoms with Crippen LogP contribution in [0.2, 0.25) is 5.02 Å². The van der Waals surface area contributed by atoms with Crippen molar-refractivity contribution in [3.8, 4) is 0 Å². The number of primary amides is 1. The first-order valence-corrected chi connectivity index (χ1v) is 8.40. The number of benzene rings is 1. The molecular weight excluding hydrogens is 348 g/mol. The predicted molar refractivity (Wildman–Crippen MR) is 99.3 cm³/mol. The van der Waals surface area contributed by atoms with Crippen LogP contribution in [0, 0.1) is 0 Å². The largest absolute Gasteiger partial charge is 0.387 e. The van der Waals surface area contributed by atoms with Crippen LogP contribution in [0.1, 0.15) is 25.7 Å². The normalized spacial score (nSPS) is 25.4. The minimum Gasteiger partial charge on any atom is -0.387 e. The molecule has 1 aromatic carbocycles. The maximum absolute atomic E-state index is 11.6. The Kier molecular flexibility index (Phi) is 6.15. The van der Waals surface area contributed by atoms with E-state index < -0.39 is 10.8 Å². The molecule has 1 aliphatic rings. The molecule has 0 radical (unpaired) electrons. The SMILES string of the molecule is NC(=O)/C(=C/NC1CCC(O)(S)CC1)C(N)=Nc1ccc(Cl)cc1. The molecule has 0 aromatic heterocycles. The van der Waals surface area contributed by atoms with Crippen LogP contribution in [-0.4, -0.2) is 27.8 Å². The van der Waals surface area contributed by atoms with Crippen molar-refractivity contribution in [1.29, 1.82) is 0 Å². The van der Waals surface area contributed by atoms with Crippen molar-refractivity contribution in [2.45, 2.75) is 36.7 Å². The topological polar surface area (TPSA) is 114 Å². The number of carbonyl (C=O) groups excluding carboxylic acids is 1. The number of hydrogen-bond acceptors (Lipinski definition) is 5. The number of thiol groups is 1. The van der Waals surface area contributed by atoms with Crippen LogP contribution in [-0.2, 0) is 4.79 Å². The lowest BCUT2D eigenvalue weighted by atomic mass is 9.92. The molecule has 0 bridgehead atoms. The fraction of sp³-hybridized carbons (Fsp3) is 0.375. The molecule has 0 spiro atoms. The second-order valence-corrected chi connectivity index (χ2v) is 7.09. The molecule has 0 atom stereocenters. The van der Waals surface area contributed by atoms with Gasteiger partial charge < -0.3 is 21.9 Å². The number of amides is 1. The quantitative estimate of drug-likeness (QED) is 0.179. The van der Waals surface area contributed by atoms with Crippen LogP contribution in [0.4, 0.5) is 5.69 Å². The van der Waals surface area contributed by atoms with Crippen molar-refractivity contribution in [3.63, 3.8) is 0 Å². The lowest BCUT2D eigenvalue weighted by Gasteiger charge is -2.32. The molecule has 6 N–H and O–H groups in total. The van der Waals surface area contributed by atoms with E-state index >= 15 is 0 Å². The highest BCUT2D eigenvalue weighted by atomic mass is 35.5. The molecule has 1 saturated carbocycles. The number of nitrogens with zero attached hydrogens (tertiary/aromatic N) is 1. The van der Waals surface area contributed by atoms with E-state index in [4.69, 9.17) is 23.1 Å². The summed E-state index contributed by atoms with van der Waals surface area (Å²) in [7, 11) is 0. The van der Waals surface area contributed by atoms with Gasteiger partial charge in [0.1, 0.15) is 10.8 Å². The first-order valence-electron chi connectivity index (χ1n) is 7.58. The number of halogens is 1. The van der Waals surface area contributed by atoms with E-state index in [9.17, 15) is 9.90 Å². The van der Waals surface area contributed by atoms with Gasteiger partial charge in [-0.3, -0.25) is 4.79 Å². The zero-order chi connectivity index (χ0) is 17.7. The van der Waals surface area contributed by atoms with Crippen LogP contribution in [0.5, 0.6) is 0 Å². The highest BCUT2D eigenvalue weighted by Gasteiger charge is 2.29. The summed E-state index contributed by atoms with van der Waals surface area (Å²) in [6.45, 7) is 0. The van der Waals surface area contributed by atoms with Crippen LogP contribution in [0.15, 0.2) is 41.0 Å². The minimum atomic E-state index is -0.913. The highest BCUT2D eigenvalue weighted by Crippen LogP contribution is 2.31. The zero-order valence-corrected chi connectivity index (χ0v) is 14.7. The Balaban J connectivity index is 2.08. The molecule has 1 aromatic rings. The molecule has 2 rings (SSSR count). The van der Waals surface area contributed by atoms with E-state index in [2.05, 4.69) is 22.9 Å². The highest BCUT2D eigenvalue weighted by molar-refractivity contribution is 7.81. The second-order valence-electron chi connectivity index (χ2n) is 5.82. The van der Waals surface area contributed by atoms with Crippen LogP contribution >= 0.6 is 24.2 Å². The molecule has 0 saturated heterocycles. The fourth-order valence-electron chi connectivity index (χ4n) is 2.43. The van der Waals surface area contributed by atoms with Gasteiger partial charge >= 0.3 is 0 Å². The number of carbonyl (C=O) groups is 1. The number of nitrogens with one attached hydrogen (secondary N) is 1. The maximum Gasteiger partial charge on any atom is 0.253 e. The Bertz CT molecular complexity index is 649. The van der Waals surface area contributed by atoms with Crippen molar-refractivity contribution in [1.82, 2.24) is 5.32 Å². The van der Waals surface area contributed by atoms with Gasteiger partial charge in [0.25, 0.3) is 5.91 Å². The van der Waals surface area contributed by atoms with Gasteiger partial charge in [-0.15, -0.1) is 12.6 Å². The first kappa shape index (κ1) is 18.6. The lowest BCUT2D eigenvalue weighted by Crippen LogP contribution is -2.37. The molecule has 130 valence electrons. The molecule has 0 unspecified atom stereocenters. The number of nitrogens with two attached hydrogens (primary N) is 2. The van der Waals surface area contributed by atoms with E-state index in [1.807, 2.05) is 0 Å². The molecule has 1 fully saturated rings. The summed E-state index contributed by atoms with van der Waals surface area (Å²) in [6, 6.07) is 6.86. The van der Waals surface area contributed by atoms with Crippen molar-refractivity contribution < 1.29 is 9.90 Å². The van der Waals surface area contributed by atoms with Crippen molar-refractivity contribution in [3.05, 3.63) is 41.1 Å². The summed E-state index contributed by atoms with van der Waals surface area (Å²) >= 11 is 10.0. The molecule has 8 heteroatoms. The monoisotopic (exact) mass is 368 g/mol. The third-order valence-corrected chi connectivity index (χ3v) is 4.57. The van der Waals surface area contributed by atoms with E-state index in [1.165, 1.54) is 6.20 Å². The summed E-state index contributed by atoms with van der Waals surface area (Å²) < 4.78 is 0. The van der Waals surface area contributed by atoms with Crippen molar-refractivity contribution in [2.75, 3.05) is 0 Å². The van der Waals surface area contributed by atoms with Gasteiger partial charge in [0.05, 0.1) is 11.3 Å². The van der Waals surface area contributed by atoms with Gasteiger partial charge in [0.2, 0.25) is 0 Å². The van der Waals surface area contributed by atoms with Gasteiger partial charge in [-0.05, 0) is 49.9 Å². The van der Waals surface area contributed by atoms with E-state index in [1.54, 1.807) is 24.3 Å². The van der Waals surface area contributed by atoms with Crippen LogP contribution < -0.4 is 16.8 Å². The third-order valence-electron chi connectivity index (χ3n) is 3.87. The van der Waals surface area contributed by atoms with E-state index in [0.717, 1.165) is 12.8 Å². The number of rotatable bonds is 5. The van der Waals surface area contributed by atoms with Crippen LogP contribution in [0.25, 0.3) is 0 Å². The average molecular weight is 369 g/mol. The Labute approximate surface area is 151 Å². The van der Waals surface area contributed by atoms with Gasteiger partial charge in [-0.2, -0.15) is 0 Å². The molecule has 1 aliphatic carbocycles. The standard InChI is InChI=1S/C16H21ClN4O2S/c17-10-1-3-12(4-2-10)21-14(18)13(15(19)22)9-20-11-5-7-16(23,24)8-6-11/h1-4,9,11,20,23-24H,5-8H2,(H2,18,21)(H2,19,22)/b13-9+. The molecular formula is C16H21ClN4O2S. The number of aliphatic imine (C=N–C) groups is 1. The smallest absolute Gasteiger partial charge is 0.253 e. The summed E-state index contributed by atoms with van der Waals surface area (Å²) in [4.78, 5) is 14.9. The lowest BCUT2D eigenvalue weighted by molar-refractivity contribution is -0.114. The molecule has 0 heterocycles. The Morgan fingerprint density at radius 3 is 2.46 bits per heavy atom. The Morgan fingerprint density at radius 2 is 1.92 bits per heavy atom. The number of amidine groups is 1. The molecule has 6 nitrogen and oxygen atoms in total. The third kappa shape index (κ3) is 5.43. The van der Waals surface area contributed by atoms with E-state index in [-0.39, 0.29) is 17.5 Å². The van der Waals surface area contributed by atoms with Gasteiger partial charge in [0, 0.05) is 17.3 Å². The Hall–Kier alpha value is -1.70. The summed E-state index contributed by atoms with van der Waals surface area (Å²) in [5.41, 5.74) is 12.0. The average Bonchev–Trinajstić information content (AvgIpc) is 2.51. The Morgan fingerprint density at radius 1 is 1.33 bits per heavy atom. The fourth-order valence-corrected chi connectivity index (χ4v) is 2.82. The van der Waals surface area contributed by atoms with Crippen LogP contribution in [0.3, 0.4) is 0 Å². The summed E-state index contributed by atoms with van der Waals surface area (Å²) in [5, 5.41) is 13.5. The predicted octanol–water partition coefficient (Wildman–Crippen LogP) is 1.85.